The first kappa shape index (κ1) is 15.7. The number of aromatic nitrogens is 2. The molecule has 0 spiro atoms. The van der Waals surface area contributed by atoms with Gasteiger partial charge in [-0.15, -0.1) is 0 Å². The third-order valence-corrected chi connectivity index (χ3v) is 2.77. The second kappa shape index (κ2) is 6.88. The van der Waals surface area contributed by atoms with Crippen LogP contribution in [0.5, 0.6) is 11.5 Å². The molecule has 1 amide bonds. The maximum atomic E-state index is 12.3. The van der Waals surface area contributed by atoms with E-state index in [1.54, 1.807) is 20.0 Å². The third kappa shape index (κ3) is 3.72. The fourth-order valence-corrected chi connectivity index (χ4v) is 1.84. The first-order valence-electron chi connectivity index (χ1n) is 6.52. The smallest absolute Gasteiger partial charge is 0.387 e. The van der Waals surface area contributed by atoms with Crippen molar-refractivity contribution in [2.45, 2.75) is 13.5 Å². The first-order valence-corrected chi connectivity index (χ1v) is 6.52. The second-order valence-electron chi connectivity index (χ2n) is 4.27. The van der Waals surface area contributed by atoms with Crippen LogP contribution in [0.4, 0.5) is 14.5 Å². The topological polar surface area (TPSA) is 65.4 Å². The molecule has 0 fully saturated rings. The van der Waals surface area contributed by atoms with Gasteiger partial charge in [0.1, 0.15) is 5.69 Å². The van der Waals surface area contributed by atoms with Gasteiger partial charge in [0.05, 0.1) is 6.61 Å². The van der Waals surface area contributed by atoms with Gasteiger partial charge < -0.3 is 14.8 Å². The number of hydrogen-bond donors (Lipinski definition) is 1. The SMILES string of the molecule is CCOc1cc(NC(=O)c2ccnn2C)ccc1OC(F)F. The number of aryl methyl sites for hydroxylation is 1. The van der Waals surface area contributed by atoms with Crippen molar-refractivity contribution in [2.75, 3.05) is 11.9 Å². The predicted molar refractivity (Wildman–Crippen MR) is 75.4 cm³/mol. The molecule has 0 aliphatic heterocycles. The molecule has 2 rings (SSSR count). The summed E-state index contributed by atoms with van der Waals surface area (Å²) in [5.74, 6) is -0.328. The molecule has 0 atom stereocenters. The lowest BCUT2D eigenvalue weighted by Gasteiger charge is -2.13. The Morgan fingerprint density at radius 3 is 2.73 bits per heavy atom. The molecule has 1 N–H and O–H groups in total. The predicted octanol–water partition coefficient (Wildman–Crippen LogP) is 2.67. The molecule has 0 aliphatic rings. The van der Waals surface area contributed by atoms with Crippen molar-refractivity contribution in [1.29, 1.82) is 0 Å². The molecule has 1 aromatic carbocycles. The van der Waals surface area contributed by atoms with Gasteiger partial charge in [0.15, 0.2) is 11.5 Å². The molecule has 1 heterocycles. The van der Waals surface area contributed by atoms with Crippen LogP contribution in [-0.2, 0) is 7.05 Å². The Morgan fingerprint density at radius 1 is 1.36 bits per heavy atom. The molecule has 0 bridgehead atoms. The molecular formula is C14H15F2N3O3. The molecule has 0 aliphatic carbocycles. The molecular weight excluding hydrogens is 296 g/mol. The maximum Gasteiger partial charge on any atom is 0.387 e. The minimum Gasteiger partial charge on any atom is -0.490 e. The molecule has 0 saturated carbocycles. The lowest BCUT2D eigenvalue weighted by molar-refractivity contribution is -0.0514. The minimum absolute atomic E-state index is 0.0876. The van der Waals surface area contributed by atoms with Gasteiger partial charge >= 0.3 is 6.61 Å². The van der Waals surface area contributed by atoms with Gasteiger partial charge in [-0.1, -0.05) is 0 Å². The first-order chi connectivity index (χ1) is 10.5. The molecule has 0 unspecified atom stereocenters. The van der Waals surface area contributed by atoms with Gasteiger partial charge in [-0.3, -0.25) is 9.48 Å². The monoisotopic (exact) mass is 311 g/mol. The van der Waals surface area contributed by atoms with Gasteiger partial charge in [0.25, 0.3) is 5.91 Å². The largest absolute Gasteiger partial charge is 0.490 e. The zero-order chi connectivity index (χ0) is 16.1. The quantitative estimate of drug-likeness (QED) is 0.891. The highest BCUT2D eigenvalue weighted by molar-refractivity contribution is 6.03. The molecule has 0 radical (unpaired) electrons. The number of halogens is 2. The number of nitrogens with zero attached hydrogens (tertiary/aromatic N) is 2. The summed E-state index contributed by atoms with van der Waals surface area (Å²) in [6.45, 7) is -0.958. The second-order valence-corrected chi connectivity index (χ2v) is 4.27. The third-order valence-electron chi connectivity index (χ3n) is 2.77. The number of benzene rings is 1. The van der Waals surface area contributed by atoms with Crippen molar-refractivity contribution in [3.8, 4) is 11.5 Å². The van der Waals surface area contributed by atoms with Gasteiger partial charge in [0, 0.05) is 25.0 Å². The summed E-state index contributed by atoms with van der Waals surface area (Å²) < 4.78 is 35.7. The van der Waals surface area contributed by atoms with Gasteiger partial charge in [-0.25, -0.2) is 0 Å². The molecule has 0 saturated heterocycles. The molecule has 6 nitrogen and oxygen atoms in total. The summed E-state index contributed by atoms with van der Waals surface area (Å²) in [5, 5.41) is 6.54. The van der Waals surface area contributed by atoms with Crippen LogP contribution in [0.15, 0.2) is 30.5 Å². The average Bonchev–Trinajstić information content (AvgIpc) is 2.88. The van der Waals surface area contributed by atoms with Gasteiger partial charge in [-0.05, 0) is 25.1 Å². The zero-order valence-corrected chi connectivity index (χ0v) is 12.0. The highest BCUT2D eigenvalue weighted by Crippen LogP contribution is 2.31. The summed E-state index contributed by atoms with van der Waals surface area (Å²) >= 11 is 0. The highest BCUT2D eigenvalue weighted by Gasteiger charge is 2.14. The fourth-order valence-electron chi connectivity index (χ4n) is 1.84. The van der Waals surface area contributed by atoms with Crippen LogP contribution < -0.4 is 14.8 Å². The number of carbonyl (C=O) groups excluding carboxylic acids is 1. The fraction of sp³-hybridized carbons (Fsp3) is 0.286. The van der Waals surface area contributed by atoms with E-state index < -0.39 is 6.61 Å². The molecule has 1 aromatic heterocycles. The Balaban J connectivity index is 2.19. The van der Waals surface area contributed by atoms with Crippen molar-refractivity contribution in [1.82, 2.24) is 9.78 Å². The number of nitrogens with one attached hydrogen (secondary N) is 1. The summed E-state index contributed by atoms with van der Waals surface area (Å²) in [7, 11) is 1.64. The van der Waals surface area contributed by atoms with Crippen LogP contribution in [0.25, 0.3) is 0 Å². The van der Waals surface area contributed by atoms with Crippen LogP contribution in [0.1, 0.15) is 17.4 Å². The van der Waals surface area contributed by atoms with Crippen LogP contribution in [0.2, 0.25) is 0 Å². The number of hydrogen-bond acceptors (Lipinski definition) is 4. The van der Waals surface area contributed by atoms with Gasteiger partial charge in [-0.2, -0.15) is 13.9 Å². The van der Waals surface area contributed by atoms with E-state index in [4.69, 9.17) is 4.74 Å². The Hall–Kier alpha value is -2.64. The van der Waals surface area contributed by atoms with Crippen LogP contribution in [0.3, 0.4) is 0 Å². The van der Waals surface area contributed by atoms with Crippen molar-refractivity contribution in [2.24, 2.45) is 7.05 Å². The highest BCUT2D eigenvalue weighted by atomic mass is 19.3. The number of carbonyl (C=O) groups is 1. The van der Waals surface area contributed by atoms with E-state index in [1.165, 1.54) is 29.1 Å². The van der Waals surface area contributed by atoms with E-state index in [0.717, 1.165) is 0 Å². The standard InChI is InChI=1S/C14H15F2N3O3/c1-3-21-12-8-9(4-5-11(12)22-14(15)16)18-13(20)10-6-7-17-19(10)2/h4-8,14H,3H2,1-2H3,(H,18,20). The number of rotatable bonds is 6. The van der Waals surface area contributed by atoms with Crippen molar-refractivity contribution in [3.05, 3.63) is 36.2 Å². The van der Waals surface area contributed by atoms with Crippen LogP contribution in [0, 0.1) is 0 Å². The molecule has 8 heteroatoms. The molecule has 22 heavy (non-hydrogen) atoms. The van der Waals surface area contributed by atoms with E-state index >= 15 is 0 Å². The minimum atomic E-state index is -2.95. The van der Waals surface area contributed by atoms with Crippen LogP contribution >= 0.6 is 0 Å². The number of alkyl halides is 2. The maximum absolute atomic E-state index is 12.3. The summed E-state index contributed by atoms with van der Waals surface area (Å²) in [6, 6.07) is 5.76. The van der Waals surface area contributed by atoms with Crippen LogP contribution in [-0.4, -0.2) is 28.9 Å². The van der Waals surface area contributed by atoms with Gasteiger partial charge in [0.2, 0.25) is 0 Å². The number of amides is 1. The lowest BCUT2D eigenvalue weighted by atomic mass is 10.2. The Kier molecular flexibility index (Phi) is 4.92. The Morgan fingerprint density at radius 2 is 2.14 bits per heavy atom. The lowest BCUT2D eigenvalue weighted by Crippen LogP contribution is -2.16. The average molecular weight is 311 g/mol. The van der Waals surface area contributed by atoms with Crippen molar-refractivity contribution >= 4 is 11.6 Å². The summed E-state index contributed by atoms with van der Waals surface area (Å²) in [5.41, 5.74) is 0.766. The Bertz CT molecular complexity index is 659. The van der Waals surface area contributed by atoms with Crippen molar-refractivity contribution in [3.63, 3.8) is 0 Å². The normalized spacial score (nSPS) is 10.6. The molecule has 118 valence electrons. The number of anilines is 1. The zero-order valence-electron chi connectivity index (χ0n) is 12.0. The van der Waals surface area contributed by atoms with E-state index in [2.05, 4.69) is 15.2 Å². The number of ether oxygens (including phenoxy) is 2. The summed E-state index contributed by atoms with van der Waals surface area (Å²) in [4.78, 5) is 12.1. The Labute approximate surface area is 125 Å². The van der Waals surface area contributed by atoms with Crippen molar-refractivity contribution < 1.29 is 23.0 Å². The van der Waals surface area contributed by atoms with E-state index in [9.17, 15) is 13.6 Å². The summed E-state index contributed by atoms with van der Waals surface area (Å²) in [6.07, 6.45) is 1.50. The van der Waals surface area contributed by atoms with E-state index in [1.807, 2.05) is 0 Å². The molecule has 2 aromatic rings. The van der Waals surface area contributed by atoms with E-state index in [0.29, 0.717) is 11.4 Å². The van der Waals surface area contributed by atoms with E-state index in [-0.39, 0.29) is 24.0 Å².